The van der Waals surface area contributed by atoms with Gasteiger partial charge in [-0.15, -0.1) is 0 Å². The van der Waals surface area contributed by atoms with Gasteiger partial charge in [-0.25, -0.2) is 4.99 Å². The maximum Gasteiger partial charge on any atom is 0.191 e. The molecule has 110 valence electrons. The van der Waals surface area contributed by atoms with Crippen LogP contribution in [0.2, 0.25) is 0 Å². The van der Waals surface area contributed by atoms with E-state index in [0.717, 1.165) is 24.7 Å². The highest BCUT2D eigenvalue weighted by Crippen LogP contribution is 2.36. The molecule has 0 spiro atoms. The topological polar surface area (TPSA) is 49.3 Å². The van der Waals surface area contributed by atoms with Gasteiger partial charge in [0.2, 0.25) is 0 Å². The van der Waals surface area contributed by atoms with Gasteiger partial charge in [-0.1, -0.05) is 25.8 Å². The van der Waals surface area contributed by atoms with Crippen LogP contribution in [-0.4, -0.2) is 24.0 Å². The molecule has 1 saturated carbocycles. The van der Waals surface area contributed by atoms with Crippen LogP contribution in [0, 0.1) is 5.41 Å². The van der Waals surface area contributed by atoms with Crippen molar-refractivity contribution in [2.45, 2.75) is 46.1 Å². The average molecular weight is 274 g/mol. The largest absolute Gasteiger partial charge is 0.357 e. The first-order chi connectivity index (χ1) is 9.72. The number of rotatable bonds is 5. The summed E-state index contributed by atoms with van der Waals surface area (Å²) in [6.45, 7) is 6.96. The SMILES string of the molecule is CCNC(=NCc1ccccn1)NCC1(C)CCCC1. The highest BCUT2D eigenvalue weighted by atomic mass is 15.2. The highest BCUT2D eigenvalue weighted by Gasteiger charge is 2.28. The van der Waals surface area contributed by atoms with E-state index in [1.54, 1.807) is 0 Å². The summed E-state index contributed by atoms with van der Waals surface area (Å²) in [4.78, 5) is 8.91. The number of nitrogens with zero attached hydrogens (tertiary/aromatic N) is 2. The fraction of sp³-hybridized carbons (Fsp3) is 0.625. The normalized spacial score (nSPS) is 18.0. The van der Waals surface area contributed by atoms with Crippen LogP contribution in [0.1, 0.15) is 45.2 Å². The number of hydrogen-bond acceptors (Lipinski definition) is 2. The van der Waals surface area contributed by atoms with E-state index in [1.165, 1.54) is 25.7 Å². The van der Waals surface area contributed by atoms with Crippen molar-refractivity contribution in [3.05, 3.63) is 30.1 Å². The molecule has 20 heavy (non-hydrogen) atoms. The van der Waals surface area contributed by atoms with Gasteiger partial charge in [0.25, 0.3) is 0 Å². The lowest BCUT2D eigenvalue weighted by Gasteiger charge is -2.25. The van der Waals surface area contributed by atoms with Gasteiger partial charge < -0.3 is 10.6 Å². The molecule has 1 fully saturated rings. The Morgan fingerprint density at radius 2 is 2.10 bits per heavy atom. The maximum atomic E-state index is 4.61. The number of aliphatic imine (C=N–C) groups is 1. The van der Waals surface area contributed by atoms with Crippen molar-refractivity contribution in [3.63, 3.8) is 0 Å². The first-order valence-corrected chi connectivity index (χ1v) is 7.64. The molecule has 0 amide bonds. The Hall–Kier alpha value is -1.58. The fourth-order valence-corrected chi connectivity index (χ4v) is 2.70. The van der Waals surface area contributed by atoms with Crippen molar-refractivity contribution in [3.8, 4) is 0 Å². The minimum Gasteiger partial charge on any atom is -0.357 e. The van der Waals surface area contributed by atoms with Crippen LogP contribution in [0.4, 0.5) is 0 Å². The Labute approximate surface area is 122 Å². The van der Waals surface area contributed by atoms with E-state index >= 15 is 0 Å². The lowest BCUT2D eigenvalue weighted by atomic mass is 9.89. The standard InChI is InChI=1S/C16H26N4/c1-3-17-15(19-12-14-8-4-7-11-18-14)20-13-16(2)9-5-6-10-16/h4,7-8,11H,3,5-6,9-10,12-13H2,1-2H3,(H2,17,19,20). The van der Waals surface area contributed by atoms with Gasteiger partial charge in [0.05, 0.1) is 12.2 Å². The molecule has 1 aliphatic rings. The molecule has 2 rings (SSSR count). The van der Waals surface area contributed by atoms with E-state index in [2.05, 4.69) is 34.5 Å². The third kappa shape index (κ3) is 4.51. The Morgan fingerprint density at radius 3 is 2.75 bits per heavy atom. The van der Waals surface area contributed by atoms with Crippen molar-refractivity contribution >= 4 is 5.96 Å². The molecule has 4 heteroatoms. The fourth-order valence-electron chi connectivity index (χ4n) is 2.70. The molecule has 0 radical (unpaired) electrons. The van der Waals surface area contributed by atoms with Gasteiger partial charge in [0.15, 0.2) is 5.96 Å². The molecule has 0 unspecified atom stereocenters. The van der Waals surface area contributed by atoms with Crippen LogP contribution >= 0.6 is 0 Å². The number of hydrogen-bond donors (Lipinski definition) is 2. The molecule has 0 atom stereocenters. The maximum absolute atomic E-state index is 4.61. The van der Waals surface area contributed by atoms with Crippen LogP contribution in [0.25, 0.3) is 0 Å². The van der Waals surface area contributed by atoms with Gasteiger partial charge in [-0.05, 0) is 37.3 Å². The van der Waals surface area contributed by atoms with E-state index in [-0.39, 0.29) is 0 Å². The lowest BCUT2D eigenvalue weighted by Crippen LogP contribution is -2.42. The Morgan fingerprint density at radius 1 is 1.30 bits per heavy atom. The van der Waals surface area contributed by atoms with Crippen molar-refractivity contribution in [2.24, 2.45) is 10.4 Å². The summed E-state index contributed by atoms with van der Waals surface area (Å²) in [5.41, 5.74) is 1.43. The van der Waals surface area contributed by atoms with E-state index < -0.39 is 0 Å². The van der Waals surface area contributed by atoms with E-state index in [1.807, 2.05) is 24.4 Å². The second kappa shape index (κ2) is 7.27. The molecular formula is C16H26N4. The minimum absolute atomic E-state index is 0.432. The Kier molecular flexibility index (Phi) is 5.39. The number of aromatic nitrogens is 1. The highest BCUT2D eigenvalue weighted by molar-refractivity contribution is 5.79. The molecule has 2 N–H and O–H groups in total. The summed E-state index contributed by atoms with van der Waals surface area (Å²) >= 11 is 0. The van der Waals surface area contributed by atoms with Crippen LogP contribution in [0.3, 0.4) is 0 Å². The van der Waals surface area contributed by atoms with Gasteiger partial charge in [-0.3, -0.25) is 4.98 Å². The molecule has 1 aliphatic carbocycles. The second-order valence-corrected chi connectivity index (χ2v) is 5.89. The Balaban J connectivity index is 1.89. The molecule has 0 aliphatic heterocycles. The first kappa shape index (κ1) is 14.8. The lowest BCUT2D eigenvalue weighted by molar-refractivity contribution is 0.334. The average Bonchev–Trinajstić information content (AvgIpc) is 2.90. The number of nitrogens with one attached hydrogen (secondary N) is 2. The van der Waals surface area contributed by atoms with Crippen molar-refractivity contribution in [1.82, 2.24) is 15.6 Å². The van der Waals surface area contributed by atoms with Crippen molar-refractivity contribution in [1.29, 1.82) is 0 Å². The minimum atomic E-state index is 0.432. The van der Waals surface area contributed by atoms with E-state index in [0.29, 0.717) is 12.0 Å². The Bertz CT molecular complexity index is 421. The summed E-state index contributed by atoms with van der Waals surface area (Å²) in [5, 5.41) is 6.79. The van der Waals surface area contributed by atoms with Crippen LogP contribution in [0.5, 0.6) is 0 Å². The monoisotopic (exact) mass is 274 g/mol. The van der Waals surface area contributed by atoms with Crippen LogP contribution in [0.15, 0.2) is 29.4 Å². The predicted molar refractivity (Wildman–Crippen MR) is 83.6 cm³/mol. The second-order valence-electron chi connectivity index (χ2n) is 5.89. The molecule has 1 aromatic heterocycles. The molecule has 1 aromatic rings. The quantitative estimate of drug-likeness (QED) is 0.641. The third-order valence-electron chi connectivity index (χ3n) is 3.96. The smallest absolute Gasteiger partial charge is 0.191 e. The molecule has 0 aromatic carbocycles. The third-order valence-corrected chi connectivity index (χ3v) is 3.96. The van der Waals surface area contributed by atoms with Crippen molar-refractivity contribution in [2.75, 3.05) is 13.1 Å². The first-order valence-electron chi connectivity index (χ1n) is 7.64. The molecule has 0 saturated heterocycles. The summed E-state index contributed by atoms with van der Waals surface area (Å²) in [6.07, 6.45) is 7.17. The molecule has 1 heterocycles. The van der Waals surface area contributed by atoms with Gasteiger partial charge in [0.1, 0.15) is 0 Å². The van der Waals surface area contributed by atoms with Gasteiger partial charge in [0, 0.05) is 19.3 Å². The predicted octanol–water partition coefficient (Wildman–Crippen LogP) is 2.72. The summed E-state index contributed by atoms with van der Waals surface area (Å²) < 4.78 is 0. The zero-order chi connectivity index (χ0) is 14.3. The van der Waals surface area contributed by atoms with Crippen LogP contribution in [-0.2, 0) is 6.54 Å². The summed E-state index contributed by atoms with van der Waals surface area (Å²) in [7, 11) is 0. The number of pyridine rings is 1. The summed E-state index contributed by atoms with van der Waals surface area (Å²) in [5.74, 6) is 0.895. The van der Waals surface area contributed by atoms with Gasteiger partial charge in [-0.2, -0.15) is 0 Å². The molecular weight excluding hydrogens is 248 g/mol. The number of guanidine groups is 1. The zero-order valence-electron chi connectivity index (χ0n) is 12.7. The molecule has 0 bridgehead atoms. The van der Waals surface area contributed by atoms with Crippen molar-refractivity contribution < 1.29 is 0 Å². The van der Waals surface area contributed by atoms with Crippen LogP contribution < -0.4 is 10.6 Å². The summed E-state index contributed by atoms with van der Waals surface area (Å²) in [6, 6.07) is 5.93. The van der Waals surface area contributed by atoms with E-state index in [9.17, 15) is 0 Å². The van der Waals surface area contributed by atoms with Gasteiger partial charge >= 0.3 is 0 Å². The zero-order valence-corrected chi connectivity index (χ0v) is 12.7. The van der Waals surface area contributed by atoms with E-state index in [4.69, 9.17) is 0 Å². The molecule has 4 nitrogen and oxygen atoms in total.